The van der Waals surface area contributed by atoms with Gasteiger partial charge in [-0.05, 0) is 60.2 Å². The summed E-state index contributed by atoms with van der Waals surface area (Å²) in [6.07, 6.45) is 2.42. The monoisotopic (exact) mass is 327 g/mol. The number of rotatable bonds is 12. The maximum atomic E-state index is 4.31. The van der Waals surface area contributed by atoms with Gasteiger partial charge in [-0.2, -0.15) is 0 Å². The van der Waals surface area contributed by atoms with Crippen LogP contribution in [-0.4, -0.2) is 74.2 Å². The van der Waals surface area contributed by atoms with Crippen LogP contribution in [0.5, 0.6) is 0 Å². The van der Waals surface area contributed by atoms with Crippen LogP contribution in [0.4, 0.5) is 0 Å². The van der Waals surface area contributed by atoms with Crippen molar-refractivity contribution in [2.45, 2.75) is 66.5 Å². The van der Waals surface area contributed by atoms with Crippen LogP contribution in [0.25, 0.3) is 0 Å². The SMILES string of the molecule is CCN(CC)CCCCNC(=NC)NCCN(C(C)C)C(C)C. The molecule has 0 aromatic rings. The van der Waals surface area contributed by atoms with Gasteiger partial charge in [0.1, 0.15) is 0 Å². The zero-order chi connectivity index (χ0) is 17.7. The summed E-state index contributed by atoms with van der Waals surface area (Å²) < 4.78 is 0. The molecule has 0 unspecified atom stereocenters. The van der Waals surface area contributed by atoms with Crippen LogP contribution in [0.2, 0.25) is 0 Å². The van der Waals surface area contributed by atoms with Gasteiger partial charge in [0, 0.05) is 38.8 Å². The number of nitrogens with one attached hydrogen (secondary N) is 2. The van der Waals surface area contributed by atoms with Crippen molar-refractivity contribution in [3.63, 3.8) is 0 Å². The van der Waals surface area contributed by atoms with Crippen LogP contribution in [0.1, 0.15) is 54.4 Å². The van der Waals surface area contributed by atoms with E-state index in [9.17, 15) is 0 Å². The third-order valence-corrected chi connectivity index (χ3v) is 4.30. The molecule has 5 heteroatoms. The van der Waals surface area contributed by atoms with Gasteiger partial charge in [-0.25, -0.2) is 0 Å². The second kappa shape index (κ2) is 13.6. The summed E-state index contributed by atoms with van der Waals surface area (Å²) in [5.74, 6) is 0.917. The minimum absolute atomic E-state index is 0.576. The Hall–Kier alpha value is -0.810. The molecule has 0 rings (SSSR count). The van der Waals surface area contributed by atoms with Crippen molar-refractivity contribution in [2.75, 3.05) is 46.3 Å². The molecule has 138 valence electrons. The topological polar surface area (TPSA) is 42.9 Å². The molecule has 0 radical (unpaired) electrons. The van der Waals surface area contributed by atoms with Gasteiger partial charge >= 0.3 is 0 Å². The van der Waals surface area contributed by atoms with Crippen LogP contribution in [0, 0.1) is 0 Å². The predicted octanol–water partition coefficient (Wildman–Crippen LogP) is 2.39. The molecular weight excluding hydrogens is 286 g/mol. The van der Waals surface area contributed by atoms with E-state index in [-0.39, 0.29) is 0 Å². The lowest BCUT2D eigenvalue weighted by atomic mass is 10.2. The fourth-order valence-corrected chi connectivity index (χ4v) is 2.84. The van der Waals surface area contributed by atoms with E-state index in [0.29, 0.717) is 12.1 Å². The average Bonchev–Trinajstić information content (AvgIpc) is 2.52. The van der Waals surface area contributed by atoms with Gasteiger partial charge in [0.25, 0.3) is 0 Å². The highest BCUT2D eigenvalue weighted by Gasteiger charge is 2.12. The van der Waals surface area contributed by atoms with Crippen molar-refractivity contribution in [2.24, 2.45) is 4.99 Å². The average molecular weight is 328 g/mol. The van der Waals surface area contributed by atoms with Gasteiger partial charge in [-0.3, -0.25) is 9.89 Å². The fraction of sp³-hybridized carbons (Fsp3) is 0.944. The van der Waals surface area contributed by atoms with E-state index < -0.39 is 0 Å². The van der Waals surface area contributed by atoms with Crippen molar-refractivity contribution in [1.82, 2.24) is 20.4 Å². The van der Waals surface area contributed by atoms with Crippen molar-refractivity contribution < 1.29 is 0 Å². The summed E-state index contributed by atoms with van der Waals surface area (Å²) in [5, 5.41) is 6.83. The lowest BCUT2D eigenvalue weighted by molar-refractivity contribution is 0.178. The molecule has 0 aromatic heterocycles. The third-order valence-electron chi connectivity index (χ3n) is 4.30. The standard InChI is InChI=1S/C18H41N5/c1-8-22(9-2)14-11-10-12-20-18(19-7)21-13-15-23(16(3)4)17(5)6/h16-17H,8-15H2,1-7H3,(H2,19,20,21). The molecule has 0 atom stereocenters. The van der Waals surface area contributed by atoms with Crippen molar-refractivity contribution in [3.05, 3.63) is 0 Å². The van der Waals surface area contributed by atoms with E-state index in [0.717, 1.165) is 38.7 Å². The molecule has 2 N–H and O–H groups in total. The Morgan fingerprint density at radius 3 is 1.91 bits per heavy atom. The molecule has 0 aromatic carbocycles. The summed E-state index contributed by atoms with van der Waals surface area (Å²) in [5.41, 5.74) is 0. The summed E-state index contributed by atoms with van der Waals surface area (Å²) in [4.78, 5) is 9.27. The molecule has 0 aliphatic rings. The molecule has 0 aliphatic heterocycles. The second-order valence-electron chi connectivity index (χ2n) is 6.59. The largest absolute Gasteiger partial charge is 0.356 e. The van der Waals surface area contributed by atoms with E-state index in [4.69, 9.17) is 0 Å². The molecule has 0 heterocycles. The van der Waals surface area contributed by atoms with Gasteiger partial charge in [0.15, 0.2) is 5.96 Å². The van der Waals surface area contributed by atoms with Crippen LogP contribution in [0.15, 0.2) is 4.99 Å². The molecule has 0 fully saturated rings. The van der Waals surface area contributed by atoms with E-state index in [1.807, 2.05) is 7.05 Å². The van der Waals surface area contributed by atoms with Gasteiger partial charge < -0.3 is 15.5 Å². The molecule has 0 aliphatic carbocycles. The lowest BCUT2D eigenvalue weighted by Gasteiger charge is -2.30. The number of hydrogen-bond donors (Lipinski definition) is 2. The number of guanidine groups is 1. The Morgan fingerprint density at radius 1 is 0.870 bits per heavy atom. The zero-order valence-corrected chi connectivity index (χ0v) is 16.7. The highest BCUT2D eigenvalue weighted by molar-refractivity contribution is 5.79. The van der Waals surface area contributed by atoms with E-state index in [1.54, 1.807) is 0 Å². The highest BCUT2D eigenvalue weighted by atomic mass is 15.2. The Balaban J connectivity index is 3.87. The molecule has 0 saturated heterocycles. The molecule has 0 amide bonds. The first-order chi connectivity index (χ1) is 11.0. The van der Waals surface area contributed by atoms with Gasteiger partial charge in [0.2, 0.25) is 0 Å². The minimum Gasteiger partial charge on any atom is -0.356 e. The number of hydrogen-bond acceptors (Lipinski definition) is 3. The molecule has 5 nitrogen and oxygen atoms in total. The number of nitrogens with zero attached hydrogens (tertiary/aromatic N) is 3. The minimum atomic E-state index is 0.576. The summed E-state index contributed by atoms with van der Waals surface area (Å²) >= 11 is 0. The summed E-state index contributed by atoms with van der Waals surface area (Å²) in [6.45, 7) is 19.9. The van der Waals surface area contributed by atoms with Crippen molar-refractivity contribution in [3.8, 4) is 0 Å². The van der Waals surface area contributed by atoms with Gasteiger partial charge in [0.05, 0.1) is 0 Å². The third kappa shape index (κ3) is 10.6. The first kappa shape index (κ1) is 22.2. The van der Waals surface area contributed by atoms with Gasteiger partial charge in [-0.1, -0.05) is 13.8 Å². The van der Waals surface area contributed by atoms with Crippen LogP contribution >= 0.6 is 0 Å². The first-order valence-corrected chi connectivity index (χ1v) is 9.38. The Bertz CT molecular complexity index is 290. The number of unbranched alkanes of at least 4 members (excludes halogenated alkanes) is 1. The lowest BCUT2D eigenvalue weighted by Crippen LogP contribution is -2.45. The summed E-state index contributed by atoms with van der Waals surface area (Å²) in [6, 6.07) is 1.15. The van der Waals surface area contributed by atoms with E-state index >= 15 is 0 Å². The first-order valence-electron chi connectivity index (χ1n) is 9.38. The van der Waals surface area contributed by atoms with Crippen LogP contribution in [0.3, 0.4) is 0 Å². The van der Waals surface area contributed by atoms with E-state index in [2.05, 4.69) is 67.0 Å². The van der Waals surface area contributed by atoms with E-state index in [1.165, 1.54) is 19.4 Å². The Labute approximate surface area is 144 Å². The van der Waals surface area contributed by atoms with Crippen LogP contribution in [-0.2, 0) is 0 Å². The predicted molar refractivity (Wildman–Crippen MR) is 103 cm³/mol. The molecule has 23 heavy (non-hydrogen) atoms. The molecule has 0 bridgehead atoms. The molecular formula is C18H41N5. The molecule has 0 saturated carbocycles. The zero-order valence-electron chi connectivity index (χ0n) is 16.7. The smallest absolute Gasteiger partial charge is 0.191 e. The Morgan fingerprint density at radius 2 is 1.43 bits per heavy atom. The quantitative estimate of drug-likeness (QED) is 0.328. The molecule has 0 spiro atoms. The number of aliphatic imine (C=N–C) groups is 1. The fourth-order valence-electron chi connectivity index (χ4n) is 2.84. The van der Waals surface area contributed by atoms with Crippen LogP contribution < -0.4 is 10.6 Å². The normalized spacial score (nSPS) is 12.7. The second-order valence-corrected chi connectivity index (χ2v) is 6.59. The van der Waals surface area contributed by atoms with Crippen molar-refractivity contribution >= 4 is 5.96 Å². The maximum Gasteiger partial charge on any atom is 0.191 e. The maximum absolute atomic E-state index is 4.31. The Kier molecular flexibility index (Phi) is 13.1. The van der Waals surface area contributed by atoms with Gasteiger partial charge in [-0.15, -0.1) is 0 Å². The highest BCUT2D eigenvalue weighted by Crippen LogP contribution is 2.03. The van der Waals surface area contributed by atoms with Crippen molar-refractivity contribution in [1.29, 1.82) is 0 Å². The summed E-state index contributed by atoms with van der Waals surface area (Å²) in [7, 11) is 1.84.